The predicted molar refractivity (Wildman–Crippen MR) is 92.3 cm³/mol. The molecule has 0 unspecified atom stereocenters. The lowest BCUT2D eigenvalue weighted by Gasteiger charge is -2.27. The zero-order chi connectivity index (χ0) is 17.6. The van der Waals surface area contributed by atoms with Crippen LogP contribution in [-0.4, -0.2) is 51.2 Å². The van der Waals surface area contributed by atoms with Gasteiger partial charge in [-0.05, 0) is 39.8 Å². The van der Waals surface area contributed by atoms with Gasteiger partial charge in [-0.2, -0.15) is 0 Å². The van der Waals surface area contributed by atoms with E-state index in [1.54, 1.807) is 29.2 Å². The molecule has 0 atom stereocenters. The number of sulfonamides is 1. The van der Waals surface area contributed by atoms with Gasteiger partial charge in [0.15, 0.2) is 0 Å². The van der Waals surface area contributed by atoms with E-state index in [0.29, 0.717) is 24.5 Å². The van der Waals surface area contributed by atoms with Crippen LogP contribution in [0.15, 0.2) is 24.3 Å². The highest BCUT2D eigenvalue weighted by Gasteiger charge is 2.25. The first-order valence-electron chi connectivity index (χ1n) is 7.71. The molecule has 7 heteroatoms. The van der Waals surface area contributed by atoms with E-state index in [9.17, 15) is 13.2 Å². The number of carbonyl (C=O) groups excluding carboxylic acids is 1. The molecule has 0 heterocycles. The first kappa shape index (κ1) is 19.3. The van der Waals surface area contributed by atoms with Crippen LogP contribution in [0.1, 0.15) is 27.7 Å². The van der Waals surface area contributed by atoms with Crippen molar-refractivity contribution in [3.8, 4) is 5.75 Å². The molecule has 0 aliphatic heterocycles. The van der Waals surface area contributed by atoms with E-state index in [2.05, 4.69) is 0 Å². The van der Waals surface area contributed by atoms with Crippen LogP contribution in [0, 0.1) is 0 Å². The van der Waals surface area contributed by atoms with E-state index >= 15 is 0 Å². The Bertz CT molecular complexity index is 625. The van der Waals surface area contributed by atoms with Crippen LogP contribution in [0.2, 0.25) is 0 Å². The number of anilines is 1. The Balaban J connectivity index is 3.22. The molecule has 23 heavy (non-hydrogen) atoms. The zero-order valence-electron chi connectivity index (χ0n) is 14.4. The van der Waals surface area contributed by atoms with E-state index < -0.39 is 10.0 Å². The first-order valence-corrected chi connectivity index (χ1v) is 9.56. The van der Waals surface area contributed by atoms with Crippen molar-refractivity contribution in [3.63, 3.8) is 0 Å². The Morgan fingerprint density at radius 2 is 1.74 bits per heavy atom. The van der Waals surface area contributed by atoms with Crippen LogP contribution in [0.5, 0.6) is 5.75 Å². The Morgan fingerprint density at radius 3 is 2.22 bits per heavy atom. The van der Waals surface area contributed by atoms with Crippen molar-refractivity contribution < 1.29 is 17.9 Å². The van der Waals surface area contributed by atoms with Gasteiger partial charge in [0.05, 0.1) is 18.0 Å². The fourth-order valence-electron chi connectivity index (χ4n) is 2.20. The quantitative estimate of drug-likeness (QED) is 0.726. The van der Waals surface area contributed by atoms with Crippen molar-refractivity contribution in [1.29, 1.82) is 0 Å². The number of para-hydroxylation sites is 2. The van der Waals surface area contributed by atoms with E-state index in [0.717, 1.165) is 10.6 Å². The van der Waals surface area contributed by atoms with Gasteiger partial charge in [-0.3, -0.25) is 9.10 Å². The van der Waals surface area contributed by atoms with Crippen molar-refractivity contribution in [3.05, 3.63) is 24.3 Å². The molecule has 0 saturated heterocycles. The molecule has 0 N–H and O–H groups in total. The molecule has 6 nitrogen and oxygen atoms in total. The molecule has 1 aromatic rings. The van der Waals surface area contributed by atoms with E-state index in [-0.39, 0.29) is 18.6 Å². The average Bonchev–Trinajstić information content (AvgIpc) is 2.45. The third-order valence-corrected chi connectivity index (χ3v) is 4.42. The van der Waals surface area contributed by atoms with E-state index in [1.807, 2.05) is 27.7 Å². The van der Waals surface area contributed by atoms with Crippen LogP contribution in [0.4, 0.5) is 5.69 Å². The summed E-state index contributed by atoms with van der Waals surface area (Å²) < 4.78 is 31.2. The molecule has 1 amide bonds. The number of ether oxygens (including phenoxy) is 1. The monoisotopic (exact) mass is 342 g/mol. The Labute approximate surface area is 139 Å². The number of nitrogens with zero attached hydrogens (tertiary/aromatic N) is 2. The second kappa shape index (κ2) is 8.19. The highest BCUT2D eigenvalue weighted by molar-refractivity contribution is 7.92. The molecule has 0 bridgehead atoms. The molecule has 0 radical (unpaired) electrons. The van der Waals surface area contributed by atoms with Gasteiger partial charge in [-0.1, -0.05) is 12.1 Å². The van der Waals surface area contributed by atoms with Crippen molar-refractivity contribution in [2.75, 3.05) is 30.2 Å². The second-order valence-corrected chi connectivity index (χ2v) is 7.38. The third-order valence-electron chi connectivity index (χ3n) is 3.29. The van der Waals surface area contributed by atoms with Gasteiger partial charge < -0.3 is 9.64 Å². The fraction of sp³-hybridized carbons (Fsp3) is 0.562. The predicted octanol–water partition coefficient (Wildman–Crippen LogP) is 2.11. The first-order chi connectivity index (χ1) is 10.7. The van der Waals surface area contributed by atoms with Gasteiger partial charge in [0.25, 0.3) is 0 Å². The summed E-state index contributed by atoms with van der Waals surface area (Å²) >= 11 is 0. The molecular formula is C16H26N2O4S. The summed E-state index contributed by atoms with van der Waals surface area (Å²) in [5.41, 5.74) is 0.379. The van der Waals surface area contributed by atoms with Gasteiger partial charge >= 0.3 is 0 Å². The van der Waals surface area contributed by atoms with Gasteiger partial charge in [-0.15, -0.1) is 0 Å². The Morgan fingerprint density at radius 1 is 1.17 bits per heavy atom. The molecule has 0 saturated carbocycles. The third kappa shape index (κ3) is 5.42. The normalized spacial score (nSPS) is 11.4. The molecular weight excluding hydrogens is 316 g/mol. The number of hydrogen-bond acceptors (Lipinski definition) is 4. The maximum absolute atomic E-state index is 12.3. The van der Waals surface area contributed by atoms with Crippen molar-refractivity contribution in [2.45, 2.75) is 33.8 Å². The smallest absolute Gasteiger partial charge is 0.243 e. The van der Waals surface area contributed by atoms with Gasteiger partial charge in [-0.25, -0.2) is 8.42 Å². The minimum Gasteiger partial charge on any atom is -0.489 e. The second-order valence-electron chi connectivity index (χ2n) is 5.47. The molecule has 1 rings (SSSR count). The van der Waals surface area contributed by atoms with E-state index in [4.69, 9.17) is 4.74 Å². The number of rotatable bonds is 8. The highest BCUT2D eigenvalue weighted by atomic mass is 32.2. The van der Waals surface area contributed by atoms with Crippen molar-refractivity contribution in [1.82, 2.24) is 4.90 Å². The summed E-state index contributed by atoms with van der Waals surface area (Å²) in [5, 5.41) is 0. The Kier molecular flexibility index (Phi) is 6.87. The van der Waals surface area contributed by atoms with Crippen LogP contribution in [0.3, 0.4) is 0 Å². The van der Waals surface area contributed by atoms with Crippen LogP contribution in [-0.2, 0) is 14.8 Å². The summed E-state index contributed by atoms with van der Waals surface area (Å²) in [4.78, 5) is 13.9. The molecule has 0 fully saturated rings. The van der Waals surface area contributed by atoms with Gasteiger partial charge in [0.1, 0.15) is 12.3 Å². The standard InChI is InChI=1S/C16H26N2O4S/c1-6-17(7-2)16(19)12-18(23(5,20)21)14-10-8-9-11-15(14)22-13(3)4/h8-11,13H,6-7,12H2,1-5H3. The maximum Gasteiger partial charge on any atom is 0.243 e. The maximum atomic E-state index is 12.3. The van der Waals surface area contributed by atoms with Crippen LogP contribution in [0.25, 0.3) is 0 Å². The lowest BCUT2D eigenvalue weighted by molar-refractivity contribution is -0.129. The topological polar surface area (TPSA) is 66.9 Å². The van der Waals surface area contributed by atoms with Crippen molar-refractivity contribution in [2.24, 2.45) is 0 Å². The number of amides is 1. The van der Waals surface area contributed by atoms with Gasteiger partial charge in [0, 0.05) is 13.1 Å². The van der Waals surface area contributed by atoms with Crippen LogP contribution < -0.4 is 9.04 Å². The number of benzene rings is 1. The van der Waals surface area contributed by atoms with Crippen molar-refractivity contribution >= 4 is 21.6 Å². The summed E-state index contributed by atoms with van der Waals surface area (Å²) in [6.45, 7) is 8.29. The highest BCUT2D eigenvalue weighted by Crippen LogP contribution is 2.30. The lowest BCUT2D eigenvalue weighted by Crippen LogP contribution is -2.42. The minimum atomic E-state index is -3.62. The molecule has 0 aliphatic rings. The summed E-state index contributed by atoms with van der Waals surface area (Å²) in [6, 6.07) is 6.85. The van der Waals surface area contributed by atoms with Crippen LogP contribution >= 0.6 is 0 Å². The minimum absolute atomic E-state index is 0.101. The molecule has 1 aromatic carbocycles. The molecule has 0 aromatic heterocycles. The van der Waals surface area contributed by atoms with Gasteiger partial charge in [0.2, 0.25) is 15.9 Å². The molecule has 0 aliphatic carbocycles. The summed E-state index contributed by atoms with van der Waals surface area (Å²) in [7, 11) is -3.62. The zero-order valence-corrected chi connectivity index (χ0v) is 15.3. The number of carbonyl (C=O) groups is 1. The largest absolute Gasteiger partial charge is 0.489 e. The molecule has 0 spiro atoms. The Hall–Kier alpha value is -1.76. The fourth-order valence-corrected chi connectivity index (χ4v) is 3.05. The SMILES string of the molecule is CCN(CC)C(=O)CN(c1ccccc1OC(C)C)S(C)(=O)=O. The van der Waals surface area contributed by atoms with E-state index in [1.165, 1.54) is 0 Å². The summed E-state index contributed by atoms with van der Waals surface area (Å²) in [6.07, 6.45) is 0.991. The number of hydrogen-bond donors (Lipinski definition) is 0. The molecule has 130 valence electrons. The average molecular weight is 342 g/mol. The number of likely N-dealkylation sites (N-methyl/N-ethyl adjacent to an activating group) is 1. The summed E-state index contributed by atoms with van der Waals surface area (Å²) in [5.74, 6) is 0.208. The lowest BCUT2D eigenvalue weighted by atomic mass is 10.3.